The van der Waals surface area contributed by atoms with E-state index in [-0.39, 0.29) is 0 Å². The minimum absolute atomic E-state index is 0.845. The van der Waals surface area contributed by atoms with E-state index in [1.54, 1.807) is 0 Å². The Kier molecular flexibility index (Phi) is 5.91. The molecule has 2 rings (SSSR count). The van der Waals surface area contributed by atoms with Gasteiger partial charge in [0.15, 0.2) is 0 Å². The molecule has 0 unspecified atom stereocenters. The molecule has 0 amide bonds. The van der Waals surface area contributed by atoms with Crippen molar-refractivity contribution in [2.75, 3.05) is 11.5 Å². The Morgan fingerprint density at radius 1 is 0.810 bits per heavy atom. The second-order valence-electron chi connectivity index (χ2n) is 5.96. The van der Waals surface area contributed by atoms with E-state index in [0.717, 1.165) is 28.6 Å². The molecule has 0 spiro atoms. The minimum atomic E-state index is 0.845. The summed E-state index contributed by atoms with van der Waals surface area (Å²) in [5.74, 6) is 0. The van der Waals surface area contributed by atoms with Crippen molar-refractivity contribution in [3.63, 3.8) is 0 Å². The van der Waals surface area contributed by atoms with Gasteiger partial charge in [-0.05, 0) is 24.5 Å². The summed E-state index contributed by atoms with van der Waals surface area (Å²) in [6.07, 6.45) is 10.3. The molecule has 0 aliphatic rings. The van der Waals surface area contributed by atoms with Gasteiger partial charge in [-0.15, -0.1) is 0 Å². The van der Waals surface area contributed by atoms with Gasteiger partial charge in [0, 0.05) is 22.1 Å². The van der Waals surface area contributed by atoms with E-state index in [9.17, 15) is 0 Å². The average molecular weight is 284 g/mol. The van der Waals surface area contributed by atoms with Gasteiger partial charge in [-0.1, -0.05) is 69.7 Å². The van der Waals surface area contributed by atoms with Gasteiger partial charge in [-0.3, -0.25) is 0 Å². The second-order valence-corrected chi connectivity index (χ2v) is 5.96. The highest BCUT2D eigenvalue weighted by molar-refractivity contribution is 6.01. The van der Waals surface area contributed by atoms with Crippen molar-refractivity contribution in [3.05, 3.63) is 35.9 Å². The number of fused-ring (bicyclic) bond motifs is 1. The zero-order valence-corrected chi connectivity index (χ0v) is 13.2. The Labute approximate surface area is 128 Å². The summed E-state index contributed by atoms with van der Waals surface area (Å²) in [6, 6.07) is 10.2. The molecule has 2 aromatic carbocycles. The standard InChI is InChI=1S/C19H28N2/c1-2-3-4-5-6-7-8-11-15-14-18(20)16-12-9-10-13-17(16)19(15)21/h9-10,12-14H,2-8,11,20-21H2,1H3. The molecule has 114 valence electrons. The third-order valence-corrected chi connectivity index (χ3v) is 4.25. The lowest BCUT2D eigenvalue weighted by Crippen LogP contribution is -1.99. The van der Waals surface area contributed by atoms with Crippen LogP contribution in [0.4, 0.5) is 11.4 Å². The number of rotatable bonds is 8. The van der Waals surface area contributed by atoms with E-state index in [0.29, 0.717) is 0 Å². The molecule has 4 N–H and O–H groups in total. The van der Waals surface area contributed by atoms with Gasteiger partial charge in [-0.2, -0.15) is 0 Å². The lowest BCUT2D eigenvalue weighted by Gasteiger charge is -2.11. The Balaban J connectivity index is 1.92. The molecular formula is C19H28N2. The molecule has 2 heteroatoms. The molecule has 21 heavy (non-hydrogen) atoms. The van der Waals surface area contributed by atoms with Crippen molar-refractivity contribution in [3.8, 4) is 0 Å². The van der Waals surface area contributed by atoms with E-state index >= 15 is 0 Å². The Hall–Kier alpha value is -1.70. The first-order valence-corrected chi connectivity index (χ1v) is 8.29. The fourth-order valence-electron chi connectivity index (χ4n) is 2.97. The first kappa shape index (κ1) is 15.7. The third-order valence-electron chi connectivity index (χ3n) is 4.25. The number of aryl methyl sites for hydroxylation is 1. The average Bonchev–Trinajstić information content (AvgIpc) is 2.51. The number of anilines is 2. The predicted octanol–water partition coefficient (Wildman–Crippen LogP) is 5.30. The van der Waals surface area contributed by atoms with Gasteiger partial charge in [0.05, 0.1) is 0 Å². The van der Waals surface area contributed by atoms with Crippen molar-refractivity contribution < 1.29 is 0 Å². The molecule has 0 aromatic heterocycles. The summed E-state index contributed by atoms with van der Waals surface area (Å²) in [7, 11) is 0. The van der Waals surface area contributed by atoms with E-state index in [1.807, 2.05) is 18.2 Å². The summed E-state index contributed by atoms with van der Waals surface area (Å²) in [6.45, 7) is 2.26. The van der Waals surface area contributed by atoms with E-state index in [4.69, 9.17) is 11.5 Å². The van der Waals surface area contributed by atoms with Gasteiger partial charge in [0.2, 0.25) is 0 Å². The Morgan fingerprint density at radius 2 is 1.43 bits per heavy atom. The minimum Gasteiger partial charge on any atom is -0.398 e. The maximum atomic E-state index is 6.31. The monoisotopic (exact) mass is 284 g/mol. The number of benzene rings is 2. The van der Waals surface area contributed by atoms with Crippen LogP contribution >= 0.6 is 0 Å². The van der Waals surface area contributed by atoms with Crippen LogP contribution in [-0.4, -0.2) is 0 Å². The summed E-state index contributed by atoms with van der Waals surface area (Å²) in [5, 5.41) is 2.16. The lowest BCUT2D eigenvalue weighted by molar-refractivity contribution is 0.589. The van der Waals surface area contributed by atoms with Crippen molar-refractivity contribution >= 4 is 22.1 Å². The topological polar surface area (TPSA) is 52.0 Å². The summed E-state index contributed by atoms with van der Waals surface area (Å²) in [5.41, 5.74) is 15.4. The molecular weight excluding hydrogens is 256 g/mol. The molecule has 2 aromatic rings. The van der Waals surface area contributed by atoms with Crippen LogP contribution < -0.4 is 11.5 Å². The largest absolute Gasteiger partial charge is 0.398 e. The van der Waals surface area contributed by atoms with Crippen LogP contribution in [0.3, 0.4) is 0 Å². The van der Waals surface area contributed by atoms with Crippen LogP contribution in [0, 0.1) is 0 Å². The van der Waals surface area contributed by atoms with Crippen LogP contribution in [0.25, 0.3) is 10.8 Å². The molecule has 0 saturated heterocycles. The first-order chi connectivity index (χ1) is 10.2. The molecule has 2 nitrogen and oxygen atoms in total. The highest BCUT2D eigenvalue weighted by Crippen LogP contribution is 2.31. The smallest absolute Gasteiger partial charge is 0.0427 e. The van der Waals surface area contributed by atoms with Gasteiger partial charge in [0.1, 0.15) is 0 Å². The highest BCUT2D eigenvalue weighted by atomic mass is 14.6. The lowest BCUT2D eigenvalue weighted by atomic mass is 9.98. The van der Waals surface area contributed by atoms with Crippen LogP contribution in [0.15, 0.2) is 30.3 Å². The fourth-order valence-corrected chi connectivity index (χ4v) is 2.97. The normalized spacial score (nSPS) is 11.1. The maximum Gasteiger partial charge on any atom is 0.0427 e. The van der Waals surface area contributed by atoms with Gasteiger partial charge in [0.25, 0.3) is 0 Å². The molecule has 0 heterocycles. The molecule has 0 radical (unpaired) electrons. The molecule has 0 fully saturated rings. The Morgan fingerprint density at radius 3 is 2.14 bits per heavy atom. The van der Waals surface area contributed by atoms with Gasteiger partial charge < -0.3 is 11.5 Å². The number of hydrogen-bond acceptors (Lipinski definition) is 2. The molecule has 0 atom stereocenters. The number of nitrogen functional groups attached to an aromatic ring is 2. The number of unbranched alkanes of at least 4 members (excludes halogenated alkanes) is 6. The van der Waals surface area contributed by atoms with E-state index in [1.165, 1.54) is 50.5 Å². The quantitative estimate of drug-likeness (QED) is 0.510. The number of nitrogens with two attached hydrogens (primary N) is 2. The maximum absolute atomic E-state index is 6.31. The first-order valence-electron chi connectivity index (χ1n) is 8.29. The second kappa shape index (κ2) is 7.92. The van der Waals surface area contributed by atoms with Crippen molar-refractivity contribution in [2.45, 2.75) is 58.3 Å². The third kappa shape index (κ3) is 4.13. The van der Waals surface area contributed by atoms with Crippen molar-refractivity contribution in [1.82, 2.24) is 0 Å². The zero-order chi connectivity index (χ0) is 15.1. The van der Waals surface area contributed by atoms with Gasteiger partial charge in [-0.25, -0.2) is 0 Å². The SMILES string of the molecule is CCCCCCCCCc1cc(N)c2ccccc2c1N. The van der Waals surface area contributed by atoms with Crippen molar-refractivity contribution in [1.29, 1.82) is 0 Å². The molecule has 0 saturated carbocycles. The van der Waals surface area contributed by atoms with Crippen LogP contribution in [0.5, 0.6) is 0 Å². The highest BCUT2D eigenvalue weighted by Gasteiger charge is 2.07. The predicted molar refractivity (Wildman–Crippen MR) is 94.5 cm³/mol. The van der Waals surface area contributed by atoms with Crippen molar-refractivity contribution in [2.24, 2.45) is 0 Å². The molecule has 0 aliphatic carbocycles. The summed E-state index contributed by atoms with van der Waals surface area (Å²) >= 11 is 0. The zero-order valence-electron chi connectivity index (χ0n) is 13.2. The summed E-state index contributed by atoms with van der Waals surface area (Å²) in [4.78, 5) is 0. The van der Waals surface area contributed by atoms with E-state index in [2.05, 4.69) is 19.1 Å². The number of hydrogen-bond donors (Lipinski definition) is 2. The van der Waals surface area contributed by atoms with Crippen LogP contribution in [-0.2, 0) is 6.42 Å². The van der Waals surface area contributed by atoms with Crippen LogP contribution in [0.1, 0.15) is 57.4 Å². The van der Waals surface area contributed by atoms with Gasteiger partial charge >= 0.3 is 0 Å². The van der Waals surface area contributed by atoms with Crippen LogP contribution in [0.2, 0.25) is 0 Å². The Bertz CT molecular complexity index is 575. The fraction of sp³-hybridized carbons (Fsp3) is 0.474. The molecule has 0 bridgehead atoms. The van der Waals surface area contributed by atoms with E-state index < -0.39 is 0 Å². The summed E-state index contributed by atoms with van der Waals surface area (Å²) < 4.78 is 0. The molecule has 0 aliphatic heterocycles.